The van der Waals surface area contributed by atoms with Crippen LogP contribution in [-0.4, -0.2) is 28.1 Å². The van der Waals surface area contributed by atoms with Gasteiger partial charge in [-0.25, -0.2) is 0 Å². The van der Waals surface area contributed by atoms with Crippen LogP contribution in [0.5, 0.6) is 5.75 Å². The van der Waals surface area contributed by atoms with E-state index in [9.17, 15) is 9.59 Å². The quantitative estimate of drug-likeness (QED) is 0.363. The van der Waals surface area contributed by atoms with Crippen LogP contribution in [0.4, 0.5) is 5.69 Å². The minimum absolute atomic E-state index is 0.110. The molecule has 0 aliphatic carbocycles. The first-order chi connectivity index (χ1) is 16.9. The van der Waals surface area contributed by atoms with Crippen molar-refractivity contribution >= 4 is 17.5 Å². The van der Waals surface area contributed by atoms with Crippen molar-refractivity contribution in [1.82, 2.24) is 15.5 Å². The van der Waals surface area contributed by atoms with Gasteiger partial charge in [0.15, 0.2) is 12.4 Å². The Morgan fingerprint density at radius 2 is 1.77 bits per heavy atom. The van der Waals surface area contributed by atoms with E-state index in [0.29, 0.717) is 23.2 Å². The number of aryl methyl sites for hydroxylation is 1. The number of amides is 2. The zero-order chi connectivity index (χ0) is 24.8. The third-order valence-electron chi connectivity index (χ3n) is 5.31. The van der Waals surface area contributed by atoms with E-state index < -0.39 is 11.9 Å². The number of ether oxygens (including phenoxy) is 1. The third-order valence-corrected chi connectivity index (χ3v) is 5.31. The lowest BCUT2D eigenvalue weighted by atomic mass is 10.0. The highest BCUT2D eigenvalue weighted by atomic mass is 16.5. The minimum Gasteiger partial charge on any atom is -0.484 e. The molecule has 2 aromatic heterocycles. The average Bonchev–Trinajstić information content (AvgIpc) is 3.55. The molecule has 0 fully saturated rings. The summed E-state index contributed by atoms with van der Waals surface area (Å²) in [7, 11) is 0. The Morgan fingerprint density at radius 3 is 2.46 bits per heavy atom. The second-order valence-corrected chi connectivity index (χ2v) is 8.29. The molecule has 2 amide bonds. The van der Waals surface area contributed by atoms with Crippen LogP contribution >= 0.6 is 0 Å². The molecule has 2 N–H and O–H groups in total. The zero-order valence-electron chi connectivity index (χ0n) is 19.6. The van der Waals surface area contributed by atoms with Crippen LogP contribution in [0.25, 0.3) is 11.5 Å². The van der Waals surface area contributed by atoms with Crippen molar-refractivity contribution in [3.63, 3.8) is 0 Å². The van der Waals surface area contributed by atoms with Crippen molar-refractivity contribution < 1.29 is 23.2 Å². The monoisotopic (exact) mass is 474 g/mol. The molecule has 4 aromatic rings. The summed E-state index contributed by atoms with van der Waals surface area (Å²) in [5, 5.41) is 13.7. The summed E-state index contributed by atoms with van der Waals surface area (Å²) in [5.41, 5.74) is 2.49. The van der Waals surface area contributed by atoms with E-state index in [-0.39, 0.29) is 24.2 Å². The van der Waals surface area contributed by atoms with Crippen LogP contribution in [0, 0.1) is 12.8 Å². The lowest BCUT2D eigenvalue weighted by Gasteiger charge is -2.21. The number of anilines is 1. The van der Waals surface area contributed by atoms with Gasteiger partial charge in [0.05, 0.1) is 6.26 Å². The van der Waals surface area contributed by atoms with Crippen LogP contribution in [0.1, 0.15) is 35.9 Å². The lowest BCUT2D eigenvalue weighted by molar-refractivity contribution is -0.118. The number of carbonyl (C=O) groups excluding carboxylic acids is 2. The summed E-state index contributed by atoms with van der Waals surface area (Å²) in [6.45, 7) is 5.79. The normalized spacial score (nSPS) is 11.8. The molecule has 0 unspecified atom stereocenters. The predicted molar refractivity (Wildman–Crippen MR) is 129 cm³/mol. The minimum atomic E-state index is -0.733. The van der Waals surface area contributed by atoms with E-state index in [1.165, 1.54) is 6.26 Å². The second kappa shape index (κ2) is 10.7. The Labute approximate surface area is 202 Å². The smallest absolute Gasteiger partial charge is 0.287 e. The Kier molecular flexibility index (Phi) is 7.25. The molecule has 0 saturated carbocycles. The summed E-state index contributed by atoms with van der Waals surface area (Å²) in [6.07, 6.45) is 1.41. The number of carbonyl (C=O) groups is 2. The molecule has 0 radical (unpaired) electrons. The number of nitrogens with one attached hydrogen (secondary N) is 2. The van der Waals surface area contributed by atoms with Crippen molar-refractivity contribution in [2.75, 3.05) is 5.32 Å². The summed E-state index contributed by atoms with van der Waals surface area (Å²) in [4.78, 5) is 25.1. The van der Waals surface area contributed by atoms with Gasteiger partial charge < -0.3 is 24.2 Å². The molecule has 4 rings (SSSR count). The van der Waals surface area contributed by atoms with Crippen molar-refractivity contribution in [3.8, 4) is 17.2 Å². The Balaban J connectivity index is 1.32. The van der Waals surface area contributed by atoms with Crippen molar-refractivity contribution in [2.24, 2.45) is 5.92 Å². The first-order valence-corrected chi connectivity index (χ1v) is 11.2. The van der Waals surface area contributed by atoms with Gasteiger partial charge in [0.25, 0.3) is 11.8 Å². The van der Waals surface area contributed by atoms with Crippen molar-refractivity contribution in [3.05, 3.63) is 84.1 Å². The maximum Gasteiger partial charge on any atom is 0.287 e. The fourth-order valence-corrected chi connectivity index (χ4v) is 3.39. The lowest BCUT2D eigenvalue weighted by Crippen LogP contribution is -2.47. The highest BCUT2D eigenvalue weighted by Gasteiger charge is 2.25. The second-order valence-electron chi connectivity index (χ2n) is 8.29. The molecule has 1 atom stereocenters. The first kappa shape index (κ1) is 23.7. The molecule has 9 heteroatoms. The largest absolute Gasteiger partial charge is 0.484 e. The van der Waals surface area contributed by atoms with E-state index in [1.807, 2.05) is 45.0 Å². The number of furan rings is 1. The zero-order valence-corrected chi connectivity index (χ0v) is 19.6. The number of aromatic nitrogens is 2. The molecule has 2 aromatic carbocycles. The van der Waals surface area contributed by atoms with Gasteiger partial charge >= 0.3 is 0 Å². The number of hydrogen-bond donors (Lipinski definition) is 2. The average molecular weight is 475 g/mol. The van der Waals surface area contributed by atoms with Gasteiger partial charge in [-0.3, -0.25) is 9.59 Å². The van der Waals surface area contributed by atoms with E-state index >= 15 is 0 Å². The highest BCUT2D eigenvalue weighted by molar-refractivity contribution is 6.00. The standard InChI is InChI=1S/C26H26N4O5/c1-16(2)23(28-24(31)21-9-6-14-33-21)25(32)27-18-10-12-19(13-11-18)34-15-22-29-30-26(35-22)20-8-5-4-7-17(20)3/h4-14,16,23H,15H2,1-3H3,(H,27,32)(H,28,31)/t23-/m0/s1. The van der Waals surface area contributed by atoms with Crippen molar-refractivity contribution in [1.29, 1.82) is 0 Å². The molecule has 0 saturated heterocycles. The topological polar surface area (TPSA) is 119 Å². The Hall–Kier alpha value is -4.40. The van der Waals surface area contributed by atoms with E-state index in [1.54, 1.807) is 36.4 Å². The SMILES string of the molecule is Cc1ccccc1-c1nnc(COc2ccc(NC(=O)[C@@H](NC(=O)c3ccco3)C(C)C)cc2)o1. The fraction of sp³-hybridized carbons (Fsp3) is 0.231. The Morgan fingerprint density at radius 1 is 1.00 bits per heavy atom. The summed E-state index contributed by atoms with van der Waals surface area (Å²) >= 11 is 0. The molecule has 0 bridgehead atoms. The molecule has 35 heavy (non-hydrogen) atoms. The van der Waals surface area contributed by atoms with Crippen LogP contribution < -0.4 is 15.4 Å². The summed E-state index contributed by atoms with van der Waals surface area (Å²) < 4.78 is 16.5. The van der Waals surface area contributed by atoms with Crippen LogP contribution in [0.2, 0.25) is 0 Å². The number of nitrogens with zero attached hydrogens (tertiary/aromatic N) is 2. The van der Waals surface area contributed by atoms with E-state index in [0.717, 1.165) is 11.1 Å². The predicted octanol–water partition coefficient (Wildman–Crippen LogP) is 4.61. The first-order valence-electron chi connectivity index (χ1n) is 11.2. The molecular formula is C26H26N4O5. The summed E-state index contributed by atoms with van der Waals surface area (Å²) in [6, 6.07) is 17.1. The van der Waals surface area contributed by atoms with Gasteiger partial charge in [-0.15, -0.1) is 10.2 Å². The third kappa shape index (κ3) is 5.94. The maximum absolute atomic E-state index is 12.8. The Bertz CT molecular complexity index is 1280. The molecule has 9 nitrogen and oxygen atoms in total. The number of hydrogen-bond acceptors (Lipinski definition) is 7. The molecule has 0 aliphatic heterocycles. The fourth-order valence-electron chi connectivity index (χ4n) is 3.39. The summed E-state index contributed by atoms with van der Waals surface area (Å²) in [5.74, 6) is 0.617. The van der Waals surface area contributed by atoms with Gasteiger partial charge in [-0.1, -0.05) is 32.0 Å². The molecule has 180 valence electrons. The van der Waals surface area contributed by atoms with E-state index in [4.69, 9.17) is 13.6 Å². The molecule has 2 heterocycles. The number of benzene rings is 2. The molecule has 0 aliphatic rings. The molecule has 0 spiro atoms. The van der Waals surface area contributed by atoms with Crippen LogP contribution in [-0.2, 0) is 11.4 Å². The van der Waals surface area contributed by atoms with Gasteiger partial charge in [0.1, 0.15) is 11.8 Å². The van der Waals surface area contributed by atoms with Gasteiger partial charge in [-0.2, -0.15) is 0 Å². The van der Waals surface area contributed by atoms with Crippen LogP contribution in [0.3, 0.4) is 0 Å². The van der Waals surface area contributed by atoms with Crippen LogP contribution in [0.15, 0.2) is 75.8 Å². The van der Waals surface area contributed by atoms with Gasteiger partial charge in [0, 0.05) is 11.3 Å². The molecular weight excluding hydrogens is 448 g/mol. The highest BCUT2D eigenvalue weighted by Crippen LogP contribution is 2.23. The van der Waals surface area contributed by atoms with Crippen molar-refractivity contribution in [2.45, 2.75) is 33.4 Å². The van der Waals surface area contributed by atoms with E-state index in [2.05, 4.69) is 20.8 Å². The maximum atomic E-state index is 12.8. The van der Waals surface area contributed by atoms with Gasteiger partial charge in [-0.05, 0) is 60.9 Å². The van der Waals surface area contributed by atoms with Gasteiger partial charge in [0.2, 0.25) is 11.8 Å². The number of rotatable bonds is 9.